The average Bonchev–Trinajstić information content (AvgIpc) is 3.07. The molecular weight excluding hydrogens is 270 g/mol. The molecule has 1 atom stereocenters. The molecule has 3 rings (SSSR count). The Labute approximate surface area is 130 Å². The summed E-state index contributed by atoms with van der Waals surface area (Å²) in [6.45, 7) is 3.94. The fraction of sp³-hybridized carbons (Fsp3) is 0.158. The van der Waals surface area contributed by atoms with Crippen molar-refractivity contribution in [1.82, 2.24) is 15.0 Å². The van der Waals surface area contributed by atoms with Gasteiger partial charge < -0.3 is 0 Å². The number of aryl methyl sites for hydroxylation is 1. The monoisotopic (exact) mass is 289 g/mol. The lowest BCUT2D eigenvalue weighted by atomic mass is 10.1. The van der Waals surface area contributed by atoms with Gasteiger partial charge in [0.2, 0.25) is 0 Å². The highest BCUT2D eigenvalue weighted by Gasteiger charge is 2.11. The number of nitrogens with zero attached hydrogens (tertiary/aromatic N) is 3. The zero-order valence-electron chi connectivity index (χ0n) is 12.5. The van der Waals surface area contributed by atoms with Crippen LogP contribution in [0, 0.1) is 0 Å². The second-order valence-corrected chi connectivity index (χ2v) is 5.28. The Morgan fingerprint density at radius 3 is 2.36 bits per heavy atom. The maximum atomic E-state index is 4.28. The maximum absolute atomic E-state index is 4.28. The largest absolute Gasteiger partial charge is 0.245 e. The number of benzene rings is 2. The average molecular weight is 289 g/mol. The Hall–Kier alpha value is -2.68. The molecule has 0 unspecified atom stereocenters. The highest BCUT2D eigenvalue weighted by Crippen LogP contribution is 2.20. The molecule has 22 heavy (non-hydrogen) atoms. The number of hydrogen-bond acceptors (Lipinski definition) is 2. The second-order valence-electron chi connectivity index (χ2n) is 5.28. The van der Waals surface area contributed by atoms with Crippen molar-refractivity contribution in [2.45, 2.75) is 18.9 Å². The summed E-state index contributed by atoms with van der Waals surface area (Å²) in [7, 11) is 0. The van der Waals surface area contributed by atoms with E-state index in [1.165, 1.54) is 5.56 Å². The second kappa shape index (κ2) is 6.85. The minimum Gasteiger partial charge on any atom is -0.245 e. The lowest BCUT2D eigenvalue weighted by Crippen LogP contribution is -2.08. The van der Waals surface area contributed by atoms with Crippen LogP contribution in [0.5, 0.6) is 0 Å². The van der Waals surface area contributed by atoms with Crippen LogP contribution < -0.4 is 0 Å². The fourth-order valence-corrected chi connectivity index (χ4v) is 2.50. The van der Waals surface area contributed by atoms with Crippen LogP contribution in [0.4, 0.5) is 0 Å². The van der Waals surface area contributed by atoms with Crippen LogP contribution in [-0.4, -0.2) is 15.0 Å². The van der Waals surface area contributed by atoms with Gasteiger partial charge in [-0.25, -0.2) is 4.68 Å². The highest BCUT2D eigenvalue weighted by atomic mass is 15.4. The minimum absolute atomic E-state index is 0.158. The Kier molecular flexibility index (Phi) is 4.44. The van der Waals surface area contributed by atoms with E-state index in [2.05, 4.69) is 41.2 Å². The smallest absolute Gasteiger partial charge is 0.113 e. The van der Waals surface area contributed by atoms with Gasteiger partial charge in [0.15, 0.2) is 0 Å². The van der Waals surface area contributed by atoms with Gasteiger partial charge in [-0.2, -0.15) is 0 Å². The van der Waals surface area contributed by atoms with Crippen molar-refractivity contribution in [3.63, 3.8) is 0 Å². The topological polar surface area (TPSA) is 30.7 Å². The molecule has 0 N–H and O–H groups in total. The van der Waals surface area contributed by atoms with Crippen LogP contribution >= 0.6 is 0 Å². The first-order valence-corrected chi connectivity index (χ1v) is 7.50. The summed E-state index contributed by atoms with van der Waals surface area (Å²) < 4.78 is 1.90. The molecule has 3 aromatic rings. The summed E-state index contributed by atoms with van der Waals surface area (Å²) in [6.07, 6.45) is 5.89. The van der Waals surface area contributed by atoms with Crippen LogP contribution in [0.1, 0.15) is 18.0 Å². The standard InChI is InChI=1S/C19H19N3/c1-2-18(14-13-16-9-5-3-6-10-16)22-15-19(20-21-22)17-11-7-4-8-12-17/h2-12,15,18H,1,13-14H2/t18-/m1/s1. The molecule has 0 amide bonds. The molecule has 0 saturated carbocycles. The molecule has 1 aromatic heterocycles. The van der Waals surface area contributed by atoms with Crippen LogP contribution in [-0.2, 0) is 6.42 Å². The van der Waals surface area contributed by atoms with Gasteiger partial charge in [-0.3, -0.25) is 0 Å². The third kappa shape index (κ3) is 3.31. The predicted octanol–water partition coefficient (Wildman–Crippen LogP) is 4.31. The summed E-state index contributed by atoms with van der Waals surface area (Å²) in [5.74, 6) is 0. The highest BCUT2D eigenvalue weighted by molar-refractivity contribution is 5.57. The van der Waals surface area contributed by atoms with Crippen molar-refractivity contribution < 1.29 is 0 Å². The number of rotatable bonds is 6. The van der Waals surface area contributed by atoms with Crippen LogP contribution in [0.25, 0.3) is 11.3 Å². The van der Waals surface area contributed by atoms with Crippen LogP contribution in [0.3, 0.4) is 0 Å². The van der Waals surface area contributed by atoms with Crippen molar-refractivity contribution in [1.29, 1.82) is 0 Å². The van der Waals surface area contributed by atoms with Gasteiger partial charge in [-0.05, 0) is 18.4 Å². The van der Waals surface area contributed by atoms with E-state index in [0.717, 1.165) is 24.1 Å². The van der Waals surface area contributed by atoms with E-state index >= 15 is 0 Å². The van der Waals surface area contributed by atoms with E-state index in [1.54, 1.807) is 0 Å². The molecule has 0 spiro atoms. The molecule has 3 nitrogen and oxygen atoms in total. The van der Waals surface area contributed by atoms with Crippen LogP contribution in [0.15, 0.2) is 79.5 Å². The van der Waals surface area contributed by atoms with E-state index in [4.69, 9.17) is 0 Å². The van der Waals surface area contributed by atoms with E-state index in [0.29, 0.717) is 0 Å². The van der Waals surface area contributed by atoms with Gasteiger partial charge >= 0.3 is 0 Å². The normalized spacial score (nSPS) is 12.0. The predicted molar refractivity (Wildman–Crippen MR) is 89.5 cm³/mol. The molecule has 0 aliphatic carbocycles. The van der Waals surface area contributed by atoms with E-state index in [-0.39, 0.29) is 6.04 Å². The number of aromatic nitrogens is 3. The lowest BCUT2D eigenvalue weighted by molar-refractivity contribution is 0.490. The lowest BCUT2D eigenvalue weighted by Gasteiger charge is -2.12. The Balaban J connectivity index is 1.71. The SMILES string of the molecule is C=C[C@H](CCc1ccccc1)n1cc(-c2ccccc2)nn1. The van der Waals surface area contributed by atoms with Crippen molar-refractivity contribution in [2.75, 3.05) is 0 Å². The quantitative estimate of drug-likeness (QED) is 0.633. The van der Waals surface area contributed by atoms with Gasteiger partial charge in [0.1, 0.15) is 5.69 Å². The van der Waals surface area contributed by atoms with E-state index in [1.807, 2.05) is 53.4 Å². The van der Waals surface area contributed by atoms with Gasteiger partial charge in [0.05, 0.1) is 12.2 Å². The number of hydrogen-bond donors (Lipinski definition) is 0. The maximum Gasteiger partial charge on any atom is 0.113 e. The molecule has 1 heterocycles. The summed E-state index contributed by atoms with van der Waals surface area (Å²) in [6, 6.07) is 20.7. The number of allylic oxidation sites excluding steroid dienone is 1. The van der Waals surface area contributed by atoms with Crippen molar-refractivity contribution in [2.24, 2.45) is 0 Å². The zero-order valence-corrected chi connectivity index (χ0v) is 12.5. The van der Waals surface area contributed by atoms with Gasteiger partial charge in [0, 0.05) is 5.56 Å². The van der Waals surface area contributed by atoms with Crippen molar-refractivity contribution in [3.8, 4) is 11.3 Å². The Morgan fingerprint density at radius 2 is 1.68 bits per heavy atom. The first-order chi connectivity index (χ1) is 10.9. The van der Waals surface area contributed by atoms with Crippen molar-refractivity contribution >= 4 is 0 Å². The molecule has 0 aliphatic rings. The Bertz CT molecular complexity index is 717. The first kappa shape index (κ1) is 14.3. The fourth-order valence-electron chi connectivity index (χ4n) is 2.50. The molecule has 2 aromatic carbocycles. The first-order valence-electron chi connectivity index (χ1n) is 7.50. The zero-order chi connectivity index (χ0) is 15.2. The summed E-state index contributed by atoms with van der Waals surface area (Å²) in [5.41, 5.74) is 3.31. The van der Waals surface area contributed by atoms with Gasteiger partial charge in [-0.1, -0.05) is 72.0 Å². The summed E-state index contributed by atoms with van der Waals surface area (Å²) in [4.78, 5) is 0. The minimum atomic E-state index is 0.158. The van der Waals surface area contributed by atoms with E-state index in [9.17, 15) is 0 Å². The summed E-state index contributed by atoms with van der Waals surface area (Å²) in [5, 5.41) is 8.55. The van der Waals surface area contributed by atoms with Crippen LogP contribution in [0.2, 0.25) is 0 Å². The Morgan fingerprint density at radius 1 is 1.00 bits per heavy atom. The molecule has 0 bridgehead atoms. The third-order valence-corrected chi connectivity index (χ3v) is 3.76. The molecule has 0 aliphatic heterocycles. The molecule has 3 heteroatoms. The molecule has 0 radical (unpaired) electrons. The van der Waals surface area contributed by atoms with Crippen molar-refractivity contribution in [3.05, 3.63) is 85.1 Å². The van der Waals surface area contributed by atoms with Gasteiger partial charge in [0.25, 0.3) is 0 Å². The third-order valence-electron chi connectivity index (χ3n) is 3.76. The van der Waals surface area contributed by atoms with E-state index < -0.39 is 0 Å². The molecule has 110 valence electrons. The summed E-state index contributed by atoms with van der Waals surface area (Å²) >= 11 is 0. The van der Waals surface area contributed by atoms with Gasteiger partial charge in [-0.15, -0.1) is 11.7 Å². The molecule has 0 fully saturated rings. The molecule has 0 saturated heterocycles. The molecular formula is C19H19N3.